The first-order valence-corrected chi connectivity index (χ1v) is 8.49. The second-order valence-corrected chi connectivity index (χ2v) is 6.68. The predicted molar refractivity (Wildman–Crippen MR) is 84.9 cm³/mol. The molecule has 0 radical (unpaired) electrons. The summed E-state index contributed by atoms with van der Waals surface area (Å²) in [7, 11) is 0. The minimum absolute atomic E-state index is 0.877. The van der Waals surface area contributed by atoms with Gasteiger partial charge in [-0.25, -0.2) is 0 Å². The van der Waals surface area contributed by atoms with Crippen LogP contribution in [0.3, 0.4) is 0 Å². The lowest BCUT2D eigenvalue weighted by molar-refractivity contribution is 0.135. The van der Waals surface area contributed by atoms with Gasteiger partial charge in [0.15, 0.2) is 0 Å². The summed E-state index contributed by atoms with van der Waals surface area (Å²) in [5, 5.41) is 0. The zero-order valence-corrected chi connectivity index (χ0v) is 14.1. The van der Waals surface area contributed by atoms with Gasteiger partial charge >= 0.3 is 0 Å². The Balaban J connectivity index is 4.55. The van der Waals surface area contributed by atoms with Crippen molar-refractivity contribution in [2.24, 2.45) is 29.6 Å². The summed E-state index contributed by atoms with van der Waals surface area (Å²) in [6.07, 6.45) is 8.26. The van der Waals surface area contributed by atoms with Gasteiger partial charge in [0.05, 0.1) is 0 Å². The van der Waals surface area contributed by atoms with Crippen LogP contribution in [-0.2, 0) is 0 Å². The number of rotatable bonds is 10. The van der Waals surface area contributed by atoms with Crippen molar-refractivity contribution >= 4 is 0 Å². The summed E-state index contributed by atoms with van der Waals surface area (Å²) in [6, 6.07) is 0. The fraction of sp³-hybridized carbons (Fsp3) is 1.00. The Bertz CT molecular complexity index is 184. The average molecular weight is 255 g/mol. The normalized spacial score (nSPS) is 20.2. The molecule has 0 aliphatic carbocycles. The van der Waals surface area contributed by atoms with Gasteiger partial charge in [-0.1, -0.05) is 87.0 Å². The highest BCUT2D eigenvalue weighted by molar-refractivity contribution is 4.78. The minimum atomic E-state index is 0.877. The van der Waals surface area contributed by atoms with Crippen LogP contribution < -0.4 is 0 Å². The second kappa shape index (κ2) is 9.87. The predicted octanol–water partition coefficient (Wildman–Crippen LogP) is 6.55. The number of unbranched alkanes of at least 4 members (excludes halogenated alkanes) is 1. The van der Waals surface area contributed by atoms with Crippen molar-refractivity contribution in [1.29, 1.82) is 0 Å². The third kappa shape index (κ3) is 5.76. The molecule has 0 amide bonds. The van der Waals surface area contributed by atoms with Crippen LogP contribution in [0, 0.1) is 29.6 Å². The Labute approximate surface area is 117 Å². The smallest absolute Gasteiger partial charge is 0.0358 e. The van der Waals surface area contributed by atoms with Gasteiger partial charge in [-0.05, 0) is 29.6 Å². The zero-order chi connectivity index (χ0) is 14.1. The molecule has 18 heavy (non-hydrogen) atoms. The van der Waals surface area contributed by atoms with Crippen LogP contribution in [0.4, 0.5) is 0 Å². The summed E-state index contributed by atoms with van der Waals surface area (Å²) in [5.74, 6) is 4.47. The van der Waals surface area contributed by atoms with Crippen LogP contribution in [0.15, 0.2) is 0 Å². The molecule has 0 saturated heterocycles. The van der Waals surface area contributed by atoms with Crippen LogP contribution in [0.25, 0.3) is 0 Å². The van der Waals surface area contributed by atoms with Crippen molar-refractivity contribution in [2.75, 3.05) is 0 Å². The largest absolute Gasteiger partial charge is 0.0654 e. The highest BCUT2D eigenvalue weighted by Gasteiger charge is 2.28. The maximum Gasteiger partial charge on any atom is -0.0358 e. The molecule has 0 aliphatic heterocycles. The molecule has 0 heterocycles. The van der Waals surface area contributed by atoms with Crippen LogP contribution in [-0.4, -0.2) is 0 Å². The van der Waals surface area contributed by atoms with Crippen LogP contribution >= 0.6 is 0 Å². The fourth-order valence-electron chi connectivity index (χ4n) is 3.34. The quantitative estimate of drug-likeness (QED) is 0.415. The molecule has 0 aromatic carbocycles. The van der Waals surface area contributed by atoms with E-state index in [2.05, 4.69) is 48.5 Å². The summed E-state index contributed by atoms with van der Waals surface area (Å²) in [5.41, 5.74) is 0. The lowest BCUT2D eigenvalue weighted by Crippen LogP contribution is -2.28. The first-order valence-electron chi connectivity index (χ1n) is 8.49. The Morgan fingerprint density at radius 1 is 0.667 bits per heavy atom. The Kier molecular flexibility index (Phi) is 9.87. The molecule has 0 fully saturated rings. The van der Waals surface area contributed by atoms with E-state index in [1.165, 1.54) is 38.5 Å². The first-order chi connectivity index (χ1) is 8.49. The molecule has 0 rings (SSSR count). The highest BCUT2D eigenvalue weighted by atomic mass is 14.3. The molecule has 0 aromatic rings. The molecule has 0 aliphatic rings. The molecular weight excluding hydrogens is 216 g/mol. The monoisotopic (exact) mass is 254 g/mol. The van der Waals surface area contributed by atoms with Crippen molar-refractivity contribution in [3.8, 4) is 0 Å². The average Bonchev–Trinajstić information content (AvgIpc) is 2.39. The fourth-order valence-corrected chi connectivity index (χ4v) is 3.34. The minimum Gasteiger partial charge on any atom is -0.0654 e. The molecule has 5 atom stereocenters. The molecule has 0 nitrogen and oxygen atoms in total. The maximum absolute atomic E-state index is 2.51. The molecular formula is C18H38. The summed E-state index contributed by atoms with van der Waals surface area (Å²) >= 11 is 0. The summed E-state index contributed by atoms with van der Waals surface area (Å²) < 4.78 is 0. The SMILES string of the molecule is CCCCC(C)C(C)C(CCC)C(C)C(C)CC. The molecule has 0 aromatic heterocycles. The number of hydrogen-bond donors (Lipinski definition) is 0. The van der Waals surface area contributed by atoms with Crippen molar-refractivity contribution in [3.63, 3.8) is 0 Å². The van der Waals surface area contributed by atoms with Gasteiger partial charge < -0.3 is 0 Å². The van der Waals surface area contributed by atoms with Gasteiger partial charge in [-0.15, -0.1) is 0 Å². The Hall–Kier alpha value is 0. The lowest BCUT2D eigenvalue weighted by Gasteiger charge is -2.36. The molecule has 5 unspecified atom stereocenters. The highest BCUT2D eigenvalue weighted by Crippen LogP contribution is 2.37. The molecule has 0 saturated carbocycles. The maximum atomic E-state index is 2.51. The molecule has 0 spiro atoms. The van der Waals surface area contributed by atoms with E-state index in [1.807, 2.05) is 0 Å². The zero-order valence-electron chi connectivity index (χ0n) is 14.1. The molecule has 0 bridgehead atoms. The van der Waals surface area contributed by atoms with Gasteiger partial charge in [0.1, 0.15) is 0 Å². The van der Waals surface area contributed by atoms with Crippen LogP contribution in [0.2, 0.25) is 0 Å². The first kappa shape index (κ1) is 18.0. The number of hydrogen-bond acceptors (Lipinski definition) is 0. The molecule has 110 valence electrons. The van der Waals surface area contributed by atoms with Crippen LogP contribution in [0.1, 0.15) is 87.0 Å². The van der Waals surface area contributed by atoms with E-state index in [0.29, 0.717) is 0 Å². The summed E-state index contributed by atoms with van der Waals surface area (Å²) in [4.78, 5) is 0. The summed E-state index contributed by atoms with van der Waals surface area (Å²) in [6.45, 7) is 16.9. The third-order valence-electron chi connectivity index (χ3n) is 5.42. The third-order valence-corrected chi connectivity index (χ3v) is 5.42. The van der Waals surface area contributed by atoms with E-state index >= 15 is 0 Å². The van der Waals surface area contributed by atoms with Gasteiger partial charge in [0.2, 0.25) is 0 Å². The Morgan fingerprint density at radius 3 is 1.67 bits per heavy atom. The van der Waals surface area contributed by atoms with Gasteiger partial charge in [0.25, 0.3) is 0 Å². The second-order valence-electron chi connectivity index (χ2n) is 6.68. The van der Waals surface area contributed by atoms with E-state index in [0.717, 1.165) is 29.6 Å². The van der Waals surface area contributed by atoms with E-state index < -0.39 is 0 Å². The van der Waals surface area contributed by atoms with Crippen LogP contribution in [0.5, 0.6) is 0 Å². The van der Waals surface area contributed by atoms with Gasteiger partial charge in [-0.3, -0.25) is 0 Å². The van der Waals surface area contributed by atoms with E-state index in [-0.39, 0.29) is 0 Å². The standard InChI is InChI=1S/C18H38/c1-8-11-13-15(5)17(7)18(12-9-2)16(6)14(4)10-3/h14-18H,8-13H2,1-7H3. The molecule has 0 N–H and O–H groups in total. The van der Waals surface area contributed by atoms with Crippen molar-refractivity contribution in [3.05, 3.63) is 0 Å². The molecule has 0 heteroatoms. The van der Waals surface area contributed by atoms with Crippen molar-refractivity contribution in [1.82, 2.24) is 0 Å². The van der Waals surface area contributed by atoms with E-state index in [1.54, 1.807) is 0 Å². The van der Waals surface area contributed by atoms with E-state index in [4.69, 9.17) is 0 Å². The topological polar surface area (TPSA) is 0 Å². The Morgan fingerprint density at radius 2 is 1.22 bits per heavy atom. The van der Waals surface area contributed by atoms with Gasteiger partial charge in [-0.2, -0.15) is 0 Å². The van der Waals surface area contributed by atoms with Crippen molar-refractivity contribution < 1.29 is 0 Å². The van der Waals surface area contributed by atoms with Crippen molar-refractivity contribution in [2.45, 2.75) is 87.0 Å². The lowest BCUT2D eigenvalue weighted by atomic mass is 9.69. The van der Waals surface area contributed by atoms with Gasteiger partial charge in [0, 0.05) is 0 Å². The van der Waals surface area contributed by atoms with E-state index in [9.17, 15) is 0 Å².